The van der Waals surface area contributed by atoms with Crippen molar-refractivity contribution in [2.24, 2.45) is 0 Å². The fourth-order valence-electron chi connectivity index (χ4n) is 2.47. The molecule has 0 saturated carbocycles. The van der Waals surface area contributed by atoms with E-state index in [0.717, 1.165) is 17.5 Å². The van der Waals surface area contributed by atoms with Gasteiger partial charge in [-0.25, -0.2) is 4.39 Å². The van der Waals surface area contributed by atoms with Crippen LogP contribution in [0.1, 0.15) is 31.9 Å². The van der Waals surface area contributed by atoms with Gasteiger partial charge in [0.05, 0.1) is 4.83 Å². The zero-order valence-corrected chi connectivity index (χ0v) is 14.2. The Bertz CT molecular complexity index is 717. The Morgan fingerprint density at radius 3 is 2.76 bits per heavy atom. The number of hydrogen-bond acceptors (Lipinski definition) is 1. The van der Waals surface area contributed by atoms with Crippen LogP contribution >= 0.6 is 31.9 Å². The van der Waals surface area contributed by atoms with Gasteiger partial charge in [0, 0.05) is 22.1 Å². The highest BCUT2D eigenvalue weighted by molar-refractivity contribution is 9.10. The average molecular weight is 413 g/mol. The van der Waals surface area contributed by atoms with Gasteiger partial charge in [-0.2, -0.15) is 0 Å². The van der Waals surface area contributed by atoms with Crippen molar-refractivity contribution in [1.82, 2.24) is 5.32 Å². The van der Waals surface area contributed by atoms with E-state index in [1.807, 2.05) is 18.2 Å². The Labute approximate surface area is 139 Å². The quantitative estimate of drug-likeness (QED) is 0.729. The monoisotopic (exact) mass is 411 g/mol. The SMILES string of the molecule is O=C1NCCc2ccc(C(Br)c3ccc(Br)cc3F)cc21. The Kier molecular flexibility index (Phi) is 4.13. The van der Waals surface area contributed by atoms with E-state index in [4.69, 9.17) is 0 Å². The number of hydrogen-bond donors (Lipinski definition) is 1. The van der Waals surface area contributed by atoms with Gasteiger partial charge in [-0.05, 0) is 35.7 Å². The molecular weight excluding hydrogens is 401 g/mol. The third kappa shape index (κ3) is 2.90. The molecule has 1 aliphatic heterocycles. The van der Waals surface area contributed by atoms with Crippen LogP contribution < -0.4 is 5.32 Å². The van der Waals surface area contributed by atoms with Crippen molar-refractivity contribution in [1.29, 1.82) is 0 Å². The minimum Gasteiger partial charge on any atom is -0.352 e. The molecule has 108 valence electrons. The highest BCUT2D eigenvalue weighted by Gasteiger charge is 2.20. The number of fused-ring (bicyclic) bond motifs is 1. The summed E-state index contributed by atoms with van der Waals surface area (Å²) >= 11 is 6.78. The van der Waals surface area contributed by atoms with Crippen molar-refractivity contribution in [2.45, 2.75) is 11.2 Å². The summed E-state index contributed by atoms with van der Waals surface area (Å²) in [7, 11) is 0. The lowest BCUT2D eigenvalue weighted by Gasteiger charge is -2.19. The molecule has 1 unspecified atom stereocenters. The van der Waals surface area contributed by atoms with Crippen LogP contribution in [-0.4, -0.2) is 12.5 Å². The topological polar surface area (TPSA) is 29.1 Å². The summed E-state index contributed by atoms with van der Waals surface area (Å²) in [6.07, 6.45) is 0.834. The smallest absolute Gasteiger partial charge is 0.251 e. The number of carbonyl (C=O) groups is 1. The number of carbonyl (C=O) groups excluding carboxylic acids is 1. The van der Waals surface area contributed by atoms with Gasteiger partial charge in [0.15, 0.2) is 0 Å². The van der Waals surface area contributed by atoms with Crippen LogP contribution in [0.15, 0.2) is 40.9 Å². The van der Waals surface area contributed by atoms with Crippen LogP contribution in [0.4, 0.5) is 4.39 Å². The van der Waals surface area contributed by atoms with Gasteiger partial charge < -0.3 is 5.32 Å². The second kappa shape index (κ2) is 5.89. The lowest BCUT2D eigenvalue weighted by Crippen LogP contribution is -2.31. The van der Waals surface area contributed by atoms with Crippen molar-refractivity contribution in [3.05, 3.63) is 68.9 Å². The third-order valence-corrected chi connectivity index (χ3v) is 5.10. The van der Waals surface area contributed by atoms with E-state index in [1.54, 1.807) is 12.1 Å². The maximum absolute atomic E-state index is 14.1. The predicted octanol–water partition coefficient (Wildman–Crippen LogP) is 4.36. The second-order valence-corrected chi connectivity index (χ2v) is 6.78. The summed E-state index contributed by atoms with van der Waals surface area (Å²) in [5.74, 6) is -0.345. The Balaban J connectivity index is 2.00. The minimum absolute atomic E-state index is 0.0610. The molecule has 0 radical (unpaired) electrons. The molecular formula is C16H12Br2FNO. The first-order valence-electron chi connectivity index (χ1n) is 6.56. The standard InChI is InChI=1S/C16H12Br2FNO/c17-11-3-4-12(14(19)8-11)15(18)10-2-1-9-5-6-20-16(21)13(9)7-10/h1-4,7-8,15H,5-6H2,(H,20,21). The number of halogens is 3. The molecule has 1 heterocycles. The first-order valence-corrected chi connectivity index (χ1v) is 8.27. The molecule has 2 aromatic carbocycles. The number of alkyl halides is 1. The summed E-state index contributed by atoms with van der Waals surface area (Å²) < 4.78 is 14.8. The molecule has 3 rings (SSSR count). The normalized spacial score (nSPS) is 15.3. The van der Waals surface area contributed by atoms with E-state index in [0.29, 0.717) is 22.1 Å². The highest BCUT2D eigenvalue weighted by atomic mass is 79.9. The first kappa shape index (κ1) is 14.7. The van der Waals surface area contributed by atoms with Gasteiger partial charge in [0.25, 0.3) is 5.91 Å². The minimum atomic E-state index is -0.286. The van der Waals surface area contributed by atoms with E-state index in [9.17, 15) is 9.18 Å². The van der Waals surface area contributed by atoms with Gasteiger partial charge in [-0.15, -0.1) is 0 Å². The zero-order valence-electron chi connectivity index (χ0n) is 11.0. The molecule has 2 aromatic rings. The van der Waals surface area contributed by atoms with Crippen LogP contribution in [-0.2, 0) is 6.42 Å². The molecule has 21 heavy (non-hydrogen) atoms. The molecule has 0 saturated heterocycles. The van der Waals surface area contributed by atoms with E-state index in [1.165, 1.54) is 6.07 Å². The van der Waals surface area contributed by atoms with Gasteiger partial charge in [-0.1, -0.05) is 50.1 Å². The van der Waals surface area contributed by atoms with Crippen LogP contribution in [0.2, 0.25) is 0 Å². The van der Waals surface area contributed by atoms with E-state index < -0.39 is 0 Å². The van der Waals surface area contributed by atoms with Gasteiger partial charge in [0.1, 0.15) is 5.82 Å². The number of nitrogens with one attached hydrogen (secondary N) is 1. The molecule has 0 spiro atoms. The predicted molar refractivity (Wildman–Crippen MR) is 87.3 cm³/mol. The summed E-state index contributed by atoms with van der Waals surface area (Å²) in [5.41, 5.74) is 3.14. The first-order chi connectivity index (χ1) is 10.1. The third-order valence-electron chi connectivity index (χ3n) is 3.59. The molecule has 2 nitrogen and oxygen atoms in total. The number of amides is 1. The summed E-state index contributed by atoms with van der Waals surface area (Å²) in [6, 6.07) is 10.7. The Hall–Kier alpha value is -1.20. The second-order valence-electron chi connectivity index (χ2n) is 4.95. The van der Waals surface area contributed by atoms with Crippen molar-refractivity contribution in [2.75, 3.05) is 6.54 Å². The van der Waals surface area contributed by atoms with E-state index >= 15 is 0 Å². The van der Waals surface area contributed by atoms with Gasteiger partial charge in [0.2, 0.25) is 0 Å². The molecule has 0 aliphatic carbocycles. The maximum atomic E-state index is 14.1. The molecule has 0 fully saturated rings. The molecule has 5 heteroatoms. The highest BCUT2D eigenvalue weighted by Crippen LogP contribution is 2.34. The summed E-state index contributed by atoms with van der Waals surface area (Å²) in [4.78, 5) is 11.6. The lowest BCUT2D eigenvalue weighted by molar-refractivity contribution is 0.0946. The molecule has 0 bridgehead atoms. The zero-order chi connectivity index (χ0) is 15.0. The Morgan fingerprint density at radius 2 is 2.00 bits per heavy atom. The van der Waals surface area contributed by atoms with Crippen LogP contribution in [0.3, 0.4) is 0 Å². The van der Waals surface area contributed by atoms with Crippen molar-refractivity contribution in [3.8, 4) is 0 Å². The van der Waals surface area contributed by atoms with Crippen LogP contribution in [0, 0.1) is 5.82 Å². The van der Waals surface area contributed by atoms with Crippen molar-refractivity contribution >= 4 is 37.8 Å². The lowest BCUT2D eigenvalue weighted by atomic mass is 9.95. The van der Waals surface area contributed by atoms with Crippen molar-refractivity contribution in [3.63, 3.8) is 0 Å². The van der Waals surface area contributed by atoms with Crippen LogP contribution in [0.5, 0.6) is 0 Å². The maximum Gasteiger partial charge on any atom is 0.251 e. The Morgan fingerprint density at radius 1 is 1.19 bits per heavy atom. The fourth-order valence-corrected chi connectivity index (χ4v) is 3.46. The van der Waals surface area contributed by atoms with Gasteiger partial charge >= 0.3 is 0 Å². The number of rotatable bonds is 2. The number of benzene rings is 2. The molecule has 1 amide bonds. The van der Waals surface area contributed by atoms with Crippen molar-refractivity contribution < 1.29 is 9.18 Å². The molecule has 1 atom stereocenters. The van der Waals surface area contributed by atoms with E-state index in [2.05, 4.69) is 37.2 Å². The molecule has 0 aromatic heterocycles. The van der Waals surface area contributed by atoms with Crippen LogP contribution in [0.25, 0.3) is 0 Å². The van der Waals surface area contributed by atoms with E-state index in [-0.39, 0.29) is 16.6 Å². The molecule has 1 N–H and O–H groups in total. The summed E-state index contributed by atoms with van der Waals surface area (Å²) in [6.45, 7) is 0.671. The largest absolute Gasteiger partial charge is 0.352 e. The van der Waals surface area contributed by atoms with Gasteiger partial charge in [-0.3, -0.25) is 4.79 Å². The summed E-state index contributed by atoms with van der Waals surface area (Å²) in [5, 5.41) is 2.83. The fraction of sp³-hybridized carbons (Fsp3) is 0.188. The average Bonchev–Trinajstić information content (AvgIpc) is 2.47. The molecule has 1 aliphatic rings.